The van der Waals surface area contributed by atoms with E-state index in [0.717, 1.165) is 17.9 Å². The minimum absolute atomic E-state index is 0.170. The minimum atomic E-state index is -0.257. The van der Waals surface area contributed by atoms with E-state index >= 15 is 0 Å². The Labute approximate surface area is 190 Å². The Bertz CT molecular complexity index is 1030. The summed E-state index contributed by atoms with van der Waals surface area (Å²) < 4.78 is 23.0. The number of fused-ring (bicyclic) bond motifs is 2. The van der Waals surface area contributed by atoms with Gasteiger partial charge in [-0.1, -0.05) is 36.4 Å². The molecule has 0 radical (unpaired) electrons. The molecule has 0 aliphatic carbocycles. The number of benzene rings is 3. The molecule has 1 aliphatic heterocycles. The summed E-state index contributed by atoms with van der Waals surface area (Å²) in [6.07, 6.45) is 0.494. The van der Waals surface area contributed by atoms with Crippen LogP contribution in [0, 0.1) is 0 Å². The number of anilines is 1. The molecule has 5 nitrogen and oxygen atoms in total. The number of rotatable bonds is 10. The summed E-state index contributed by atoms with van der Waals surface area (Å²) in [5.41, 5.74) is 2.38. The van der Waals surface area contributed by atoms with Crippen molar-refractivity contribution in [3.63, 3.8) is 0 Å². The van der Waals surface area contributed by atoms with Crippen molar-refractivity contribution in [1.29, 1.82) is 0 Å². The molecular weight excluding hydrogens is 402 g/mol. The zero-order valence-corrected chi connectivity index (χ0v) is 19.4. The zero-order chi connectivity index (χ0) is 22.5. The van der Waals surface area contributed by atoms with Crippen molar-refractivity contribution in [3.05, 3.63) is 66.2 Å². The van der Waals surface area contributed by atoms with Crippen LogP contribution in [-0.4, -0.2) is 39.4 Å². The van der Waals surface area contributed by atoms with Crippen molar-refractivity contribution >= 4 is 16.5 Å². The largest absolute Gasteiger partial charge is 0.454 e. The van der Waals surface area contributed by atoms with Crippen molar-refractivity contribution < 1.29 is 18.9 Å². The van der Waals surface area contributed by atoms with E-state index in [-0.39, 0.29) is 25.0 Å². The van der Waals surface area contributed by atoms with Gasteiger partial charge in [0.05, 0.1) is 0 Å². The number of hydrogen-bond acceptors (Lipinski definition) is 5. The Morgan fingerprint density at radius 2 is 1.59 bits per heavy atom. The van der Waals surface area contributed by atoms with Crippen molar-refractivity contribution in [2.24, 2.45) is 0 Å². The third-order valence-electron chi connectivity index (χ3n) is 6.31. The third kappa shape index (κ3) is 4.84. The van der Waals surface area contributed by atoms with Gasteiger partial charge in [0, 0.05) is 44.3 Å². The van der Waals surface area contributed by atoms with Crippen LogP contribution >= 0.6 is 0 Å². The second kappa shape index (κ2) is 10.2. The fourth-order valence-corrected chi connectivity index (χ4v) is 4.42. The molecule has 2 atom stereocenters. The summed E-state index contributed by atoms with van der Waals surface area (Å²) in [5, 5.41) is 2.49. The van der Waals surface area contributed by atoms with Crippen LogP contribution < -0.4 is 14.4 Å². The van der Waals surface area contributed by atoms with E-state index in [4.69, 9.17) is 18.9 Å². The number of ether oxygens (including phenoxy) is 4. The zero-order valence-electron chi connectivity index (χ0n) is 19.4. The van der Waals surface area contributed by atoms with Gasteiger partial charge in [0.25, 0.3) is 0 Å². The van der Waals surface area contributed by atoms with Crippen LogP contribution in [0.25, 0.3) is 10.8 Å². The monoisotopic (exact) mass is 435 g/mol. The quantitative estimate of drug-likeness (QED) is 0.367. The van der Waals surface area contributed by atoms with Gasteiger partial charge in [0.15, 0.2) is 17.8 Å². The molecule has 0 amide bonds. The van der Waals surface area contributed by atoms with Crippen LogP contribution in [0.4, 0.5) is 5.69 Å². The van der Waals surface area contributed by atoms with Crippen LogP contribution in [0.1, 0.15) is 38.7 Å². The molecule has 0 saturated heterocycles. The number of hydrogen-bond donors (Lipinski definition) is 0. The number of likely N-dealkylation sites (N-methyl/N-ethyl adjacent to an activating group) is 1. The molecule has 0 spiro atoms. The maximum atomic E-state index is 5.92. The van der Waals surface area contributed by atoms with E-state index in [9.17, 15) is 0 Å². The third-order valence-corrected chi connectivity index (χ3v) is 6.31. The Hall–Kier alpha value is -2.76. The van der Waals surface area contributed by atoms with E-state index in [2.05, 4.69) is 73.5 Å². The molecule has 1 aliphatic rings. The molecule has 3 aromatic rings. The summed E-state index contributed by atoms with van der Waals surface area (Å²) in [5.74, 6) is 1.77. The topological polar surface area (TPSA) is 40.2 Å². The Morgan fingerprint density at radius 1 is 0.875 bits per heavy atom. The Balaban J connectivity index is 1.65. The molecule has 0 aromatic heterocycles. The summed E-state index contributed by atoms with van der Waals surface area (Å²) >= 11 is 0. The van der Waals surface area contributed by atoms with Gasteiger partial charge in [-0.2, -0.15) is 0 Å². The molecule has 0 bridgehead atoms. The highest BCUT2D eigenvalue weighted by atomic mass is 16.7. The molecule has 0 fully saturated rings. The summed E-state index contributed by atoms with van der Waals surface area (Å²) in [4.78, 5) is 2.34. The molecular formula is C27H33NO4. The standard InChI is InChI=1S/C27H33NO4/c1-5-29-27(30-6-2)17-24(22-12-14-25-26(16-22)32-18-31-25)19(3)28(4)23-13-11-20-9-7-8-10-21(20)15-23/h7-16,19,24,27H,5-6,17-18H2,1-4H3. The van der Waals surface area contributed by atoms with Crippen LogP contribution in [0.5, 0.6) is 11.5 Å². The molecule has 0 N–H and O–H groups in total. The highest BCUT2D eigenvalue weighted by Gasteiger charge is 2.29. The Morgan fingerprint density at radius 3 is 2.34 bits per heavy atom. The van der Waals surface area contributed by atoms with Gasteiger partial charge in [-0.05, 0) is 61.4 Å². The van der Waals surface area contributed by atoms with Crippen LogP contribution in [0.15, 0.2) is 60.7 Å². The first-order valence-corrected chi connectivity index (χ1v) is 11.4. The van der Waals surface area contributed by atoms with Gasteiger partial charge >= 0.3 is 0 Å². The van der Waals surface area contributed by atoms with Gasteiger partial charge in [0.2, 0.25) is 6.79 Å². The van der Waals surface area contributed by atoms with Crippen molar-refractivity contribution in [2.75, 3.05) is 32.0 Å². The molecule has 170 valence electrons. The molecule has 1 heterocycles. The first-order chi connectivity index (χ1) is 15.6. The van der Waals surface area contributed by atoms with E-state index in [0.29, 0.717) is 13.2 Å². The highest BCUT2D eigenvalue weighted by Crippen LogP contribution is 2.38. The number of nitrogens with zero attached hydrogens (tertiary/aromatic N) is 1. The fourth-order valence-electron chi connectivity index (χ4n) is 4.42. The highest BCUT2D eigenvalue weighted by molar-refractivity contribution is 5.85. The second-order valence-corrected chi connectivity index (χ2v) is 8.18. The summed E-state index contributed by atoms with van der Waals surface area (Å²) in [6.45, 7) is 7.79. The Kier molecular flexibility index (Phi) is 7.18. The summed E-state index contributed by atoms with van der Waals surface area (Å²) in [7, 11) is 2.16. The lowest BCUT2D eigenvalue weighted by atomic mass is 9.87. The van der Waals surface area contributed by atoms with Crippen LogP contribution in [-0.2, 0) is 9.47 Å². The lowest BCUT2D eigenvalue weighted by Crippen LogP contribution is -2.37. The molecule has 5 heteroatoms. The average Bonchev–Trinajstić information content (AvgIpc) is 3.29. The van der Waals surface area contributed by atoms with Gasteiger partial charge in [-0.25, -0.2) is 0 Å². The first-order valence-electron chi connectivity index (χ1n) is 11.4. The predicted octanol–water partition coefficient (Wildman–Crippen LogP) is 5.97. The summed E-state index contributed by atoms with van der Waals surface area (Å²) in [6, 6.07) is 21.5. The lowest BCUT2D eigenvalue weighted by Gasteiger charge is -2.36. The maximum absolute atomic E-state index is 5.92. The minimum Gasteiger partial charge on any atom is -0.454 e. The van der Waals surface area contributed by atoms with Gasteiger partial charge in [-0.3, -0.25) is 0 Å². The normalized spacial score (nSPS) is 14.7. The van der Waals surface area contributed by atoms with Gasteiger partial charge in [0.1, 0.15) is 0 Å². The van der Waals surface area contributed by atoms with E-state index < -0.39 is 0 Å². The molecule has 0 saturated carbocycles. The van der Waals surface area contributed by atoms with Crippen LogP contribution in [0.2, 0.25) is 0 Å². The van der Waals surface area contributed by atoms with E-state index in [1.54, 1.807) is 0 Å². The molecule has 2 unspecified atom stereocenters. The SMILES string of the molecule is CCOC(CC(c1ccc2c(c1)OCO2)C(C)N(C)c1ccc2ccccc2c1)OCC. The van der Waals surface area contributed by atoms with E-state index in [1.165, 1.54) is 22.0 Å². The molecule has 4 rings (SSSR count). The average molecular weight is 436 g/mol. The van der Waals surface area contributed by atoms with Crippen molar-refractivity contribution in [3.8, 4) is 11.5 Å². The van der Waals surface area contributed by atoms with Crippen molar-refractivity contribution in [1.82, 2.24) is 0 Å². The fraction of sp³-hybridized carbons (Fsp3) is 0.407. The van der Waals surface area contributed by atoms with Gasteiger partial charge < -0.3 is 23.8 Å². The maximum Gasteiger partial charge on any atom is 0.231 e. The first kappa shape index (κ1) is 22.4. The van der Waals surface area contributed by atoms with Crippen LogP contribution in [0.3, 0.4) is 0 Å². The smallest absolute Gasteiger partial charge is 0.231 e. The molecule has 32 heavy (non-hydrogen) atoms. The van der Waals surface area contributed by atoms with E-state index in [1.807, 2.05) is 19.9 Å². The lowest BCUT2D eigenvalue weighted by molar-refractivity contribution is -0.142. The van der Waals surface area contributed by atoms with Crippen molar-refractivity contribution in [2.45, 2.75) is 45.4 Å². The predicted molar refractivity (Wildman–Crippen MR) is 129 cm³/mol. The van der Waals surface area contributed by atoms with Gasteiger partial charge in [-0.15, -0.1) is 0 Å². The molecule has 3 aromatic carbocycles. The second-order valence-electron chi connectivity index (χ2n) is 8.18.